The summed E-state index contributed by atoms with van der Waals surface area (Å²) in [5, 5.41) is 13.0. The Bertz CT molecular complexity index is 1010. The van der Waals surface area contributed by atoms with Crippen molar-refractivity contribution < 1.29 is 19.2 Å². The van der Waals surface area contributed by atoms with Crippen LogP contribution in [-0.2, 0) is 4.79 Å². The van der Waals surface area contributed by atoms with Crippen molar-refractivity contribution >= 4 is 28.1 Å². The summed E-state index contributed by atoms with van der Waals surface area (Å²) in [6.45, 7) is 2.07. The number of rotatable bonds is 7. The molecule has 7 nitrogen and oxygen atoms in total. The summed E-state index contributed by atoms with van der Waals surface area (Å²) in [7, 11) is 1.43. The highest BCUT2D eigenvalue weighted by Gasteiger charge is 2.19. The van der Waals surface area contributed by atoms with Crippen LogP contribution in [0.5, 0.6) is 11.5 Å². The quantitative estimate of drug-likeness (QED) is 0.453. The van der Waals surface area contributed by atoms with Crippen LogP contribution in [0.15, 0.2) is 60.7 Å². The normalized spacial score (nSPS) is 10.5. The molecule has 0 bridgehead atoms. The molecule has 0 unspecified atom stereocenters. The number of anilines is 1. The summed E-state index contributed by atoms with van der Waals surface area (Å²) in [4.78, 5) is 24.9. The molecule has 0 saturated heterocycles. The number of ether oxygens (including phenoxy) is 2. The molecule has 0 spiro atoms. The third kappa shape index (κ3) is 3.88. The number of hydrogen-bond acceptors (Lipinski definition) is 5. The van der Waals surface area contributed by atoms with Crippen LogP contribution in [-0.4, -0.2) is 31.1 Å². The Hall–Kier alpha value is -3.61. The Morgan fingerprint density at radius 1 is 1.07 bits per heavy atom. The number of nitro groups is 1. The van der Waals surface area contributed by atoms with Crippen LogP contribution >= 0.6 is 0 Å². The number of hydrogen-bond donors (Lipinski definition) is 0. The first-order valence-electron chi connectivity index (χ1n) is 8.78. The third-order valence-electron chi connectivity index (χ3n) is 4.38. The Balaban J connectivity index is 1.84. The lowest BCUT2D eigenvalue weighted by Crippen LogP contribution is -2.35. The van der Waals surface area contributed by atoms with E-state index in [1.165, 1.54) is 25.3 Å². The van der Waals surface area contributed by atoms with Crippen LogP contribution in [0, 0.1) is 10.1 Å². The molecule has 28 heavy (non-hydrogen) atoms. The van der Waals surface area contributed by atoms with Gasteiger partial charge in [-0.15, -0.1) is 0 Å². The van der Waals surface area contributed by atoms with E-state index in [1.807, 2.05) is 49.4 Å². The van der Waals surface area contributed by atoms with Gasteiger partial charge in [0.25, 0.3) is 11.6 Å². The zero-order valence-electron chi connectivity index (χ0n) is 15.6. The number of carbonyl (C=O) groups excluding carboxylic acids is 1. The smallest absolute Gasteiger partial charge is 0.273 e. The topological polar surface area (TPSA) is 81.9 Å². The third-order valence-corrected chi connectivity index (χ3v) is 4.38. The Morgan fingerprint density at radius 2 is 1.82 bits per heavy atom. The van der Waals surface area contributed by atoms with Gasteiger partial charge in [-0.05, 0) is 24.4 Å². The summed E-state index contributed by atoms with van der Waals surface area (Å²) in [5.41, 5.74) is 0.657. The van der Waals surface area contributed by atoms with Gasteiger partial charge in [0.05, 0.1) is 23.8 Å². The number of likely N-dealkylation sites (N-methyl/N-ethyl adjacent to an activating group) is 1. The molecular weight excluding hydrogens is 360 g/mol. The molecule has 3 rings (SSSR count). The maximum atomic E-state index is 12.8. The molecule has 0 radical (unpaired) electrons. The molecule has 0 atom stereocenters. The van der Waals surface area contributed by atoms with E-state index in [0.717, 1.165) is 16.5 Å². The van der Waals surface area contributed by atoms with Gasteiger partial charge < -0.3 is 14.4 Å². The fourth-order valence-electron chi connectivity index (χ4n) is 3.03. The predicted octanol–water partition coefficient (Wildman–Crippen LogP) is 4.19. The van der Waals surface area contributed by atoms with Gasteiger partial charge in [-0.3, -0.25) is 14.9 Å². The number of nitrogens with zero attached hydrogens (tertiary/aromatic N) is 2. The minimum absolute atomic E-state index is 0.135. The number of nitro benzene ring substituents is 1. The fraction of sp³-hybridized carbons (Fsp3) is 0.190. The Morgan fingerprint density at radius 3 is 2.54 bits per heavy atom. The standard InChI is InChI=1S/C21H20N2O5/c1-3-22(18-10-6-8-15-7-4-5-9-17(15)18)21(24)14-28-20-13-16(23(25)26)11-12-19(20)27-2/h4-13H,3,14H2,1-2H3. The van der Waals surface area contributed by atoms with Gasteiger partial charge in [0, 0.05) is 18.0 Å². The van der Waals surface area contributed by atoms with Crippen molar-refractivity contribution in [1.82, 2.24) is 0 Å². The van der Waals surface area contributed by atoms with E-state index >= 15 is 0 Å². The summed E-state index contributed by atoms with van der Waals surface area (Å²) >= 11 is 0. The second-order valence-electron chi connectivity index (χ2n) is 6.02. The predicted molar refractivity (Wildman–Crippen MR) is 107 cm³/mol. The highest BCUT2D eigenvalue weighted by atomic mass is 16.6. The number of fused-ring (bicyclic) bond motifs is 1. The van der Waals surface area contributed by atoms with Gasteiger partial charge >= 0.3 is 0 Å². The molecule has 0 N–H and O–H groups in total. The van der Waals surface area contributed by atoms with E-state index in [-0.39, 0.29) is 24.0 Å². The average molecular weight is 380 g/mol. The van der Waals surface area contributed by atoms with Gasteiger partial charge in [0.2, 0.25) is 0 Å². The molecule has 1 amide bonds. The highest BCUT2D eigenvalue weighted by molar-refractivity contribution is 6.04. The van der Waals surface area contributed by atoms with Crippen molar-refractivity contribution in [2.45, 2.75) is 6.92 Å². The van der Waals surface area contributed by atoms with Crippen molar-refractivity contribution in [1.29, 1.82) is 0 Å². The van der Waals surface area contributed by atoms with Crippen LogP contribution in [0.25, 0.3) is 10.8 Å². The van der Waals surface area contributed by atoms with Crippen molar-refractivity contribution in [3.63, 3.8) is 0 Å². The zero-order chi connectivity index (χ0) is 20.1. The molecule has 3 aromatic carbocycles. The van der Waals surface area contributed by atoms with E-state index < -0.39 is 4.92 Å². The lowest BCUT2D eigenvalue weighted by molar-refractivity contribution is -0.385. The monoisotopic (exact) mass is 380 g/mol. The summed E-state index contributed by atoms with van der Waals surface area (Å²) < 4.78 is 10.7. The van der Waals surface area contributed by atoms with E-state index in [2.05, 4.69) is 0 Å². The molecule has 0 aliphatic heterocycles. The number of carbonyl (C=O) groups is 1. The van der Waals surface area contributed by atoms with Crippen molar-refractivity contribution in [3.8, 4) is 11.5 Å². The first kappa shape index (κ1) is 19.2. The van der Waals surface area contributed by atoms with Crippen LogP contribution in [0.1, 0.15) is 6.92 Å². The summed E-state index contributed by atoms with van der Waals surface area (Å²) in [6.07, 6.45) is 0. The molecule has 144 valence electrons. The summed E-state index contributed by atoms with van der Waals surface area (Å²) in [6, 6.07) is 17.6. The molecule has 7 heteroatoms. The number of amides is 1. The Labute approximate surface area is 162 Å². The molecule has 0 aliphatic rings. The van der Waals surface area contributed by atoms with E-state index in [4.69, 9.17) is 9.47 Å². The zero-order valence-corrected chi connectivity index (χ0v) is 15.6. The molecule has 0 saturated carbocycles. The second-order valence-corrected chi connectivity index (χ2v) is 6.02. The molecular formula is C21H20N2O5. The van der Waals surface area contributed by atoms with Gasteiger partial charge in [-0.2, -0.15) is 0 Å². The molecule has 0 aromatic heterocycles. The van der Waals surface area contributed by atoms with Crippen LogP contribution in [0.4, 0.5) is 11.4 Å². The minimum Gasteiger partial charge on any atom is -0.493 e. The molecule has 0 aliphatic carbocycles. The largest absolute Gasteiger partial charge is 0.493 e. The van der Waals surface area contributed by atoms with Crippen LogP contribution < -0.4 is 14.4 Å². The molecule has 0 heterocycles. The van der Waals surface area contributed by atoms with E-state index in [0.29, 0.717) is 12.3 Å². The molecule has 3 aromatic rings. The maximum Gasteiger partial charge on any atom is 0.273 e. The number of non-ortho nitro benzene ring substituents is 1. The SMILES string of the molecule is CCN(C(=O)COc1cc([N+](=O)[O-])ccc1OC)c1cccc2ccccc12. The van der Waals surface area contributed by atoms with Crippen molar-refractivity contribution in [2.75, 3.05) is 25.2 Å². The second kappa shape index (κ2) is 8.39. The van der Waals surface area contributed by atoms with Crippen molar-refractivity contribution in [2.24, 2.45) is 0 Å². The van der Waals surface area contributed by atoms with Gasteiger partial charge in [0.1, 0.15) is 0 Å². The first-order chi connectivity index (χ1) is 13.5. The lowest BCUT2D eigenvalue weighted by Gasteiger charge is -2.23. The van der Waals surface area contributed by atoms with Crippen LogP contribution in [0.2, 0.25) is 0 Å². The molecule has 0 fully saturated rings. The van der Waals surface area contributed by atoms with E-state index in [9.17, 15) is 14.9 Å². The highest BCUT2D eigenvalue weighted by Crippen LogP contribution is 2.31. The minimum atomic E-state index is -0.525. The summed E-state index contributed by atoms with van der Waals surface area (Å²) in [5.74, 6) is 0.220. The van der Waals surface area contributed by atoms with Gasteiger partial charge in [-0.25, -0.2) is 0 Å². The lowest BCUT2D eigenvalue weighted by atomic mass is 10.1. The average Bonchev–Trinajstić information content (AvgIpc) is 2.72. The number of methoxy groups -OCH3 is 1. The van der Waals surface area contributed by atoms with E-state index in [1.54, 1.807) is 4.90 Å². The van der Waals surface area contributed by atoms with Gasteiger partial charge in [-0.1, -0.05) is 36.4 Å². The first-order valence-corrected chi connectivity index (χ1v) is 8.78. The van der Waals surface area contributed by atoms with Crippen LogP contribution in [0.3, 0.4) is 0 Å². The Kier molecular flexibility index (Phi) is 5.74. The van der Waals surface area contributed by atoms with Gasteiger partial charge in [0.15, 0.2) is 18.1 Å². The maximum absolute atomic E-state index is 12.8. The fourth-order valence-corrected chi connectivity index (χ4v) is 3.03. The van der Waals surface area contributed by atoms with Crippen molar-refractivity contribution in [3.05, 3.63) is 70.8 Å². The number of benzene rings is 3.